The highest BCUT2D eigenvalue weighted by Gasteiger charge is 2.59. The van der Waals surface area contributed by atoms with E-state index in [1.54, 1.807) is 12.7 Å². The van der Waals surface area contributed by atoms with E-state index >= 15 is 0 Å². The van der Waals surface area contributed by atoms with Crippen LogP contribution in [0.5, 0.6) is 0 Å². The van der Waals surface area contributed by atoms with E-state index in [2.05, 4.69) is 52.6 Å². The molecule has 0 spiro atoms. The molecule has 0 aromatic carbocycles. The van der Waals surface area contributed by atoms with Crippen LogP contribution in [0.15, 0.2) is 23.8 Å². The van der Waals surface area contributed by atoms with Crippen molar-refractivity contribution < 1.29 is 43.1 Å². The van der Waals surface area contributed by atoms with Gasteiger partial charge in [0.15, 0.2) is 0 Å². The Morgan fingerprint density at radius 1 is 0.731 bits per heavy atom. The van der Waals surface area contributed by atoms with Crippen molar-refractivity contribution in [1.82, 2.24) is 5.32 Å². The van der Waals surface area contributed by atoms with E-state index in [4.69, 9.17) is 33.2 Å². The average Bonchev–Trinajstić information content (AvgIpc) is 3.67. The van der Waals surface area contributed by atoms with Gasteiger partial charge >= 0.3 is 6.09 Å². The number of amides is 1. The van der Waals surface area contributed by atoms with Gasteiger partial charge in [-0.2, -0.15) is 0 Å². The minimum absolute atomic E-state index is 0.0318. The Morgan fingerprint density at radius 3 is 2.10 bits per heavy atom. The third-order valence-corrected chi connectivity index (χ3v) is 16.8. The molecule has 1 amide bonds. The van der Waals surface area contributed by atoms with Crippen molar-refractivity contribution in [2.45, 2.75) is 201 Å². The lowest BCUT2D eigenvalue weighted by Gasteiger charge is -2.58. The van der Waals surface area contributed by atoms with E-state index in [9.17, 15) is 9.90 Å². The Kier molecular flexibility index (Phi) is 28.7. The summed E-state index contributed by atoms with van der Waals surface area (Å²) in [6.45, 7) is 22.9. The van der Waals surface area contributed by atoms with E-state index in [1.807, 2.05) is 0 Å². The van der Waals surface area contributed by atoms with Crippen LogP contribution in [-0.2, 0) is 33.2 Å². The maximum absolute atomic E-state index is 12.8. The number of rotatable bonds is 39. The number of methoxy groups -OCH3 is 1. The molecule has 4 aliphatic rings. The Balaban J connectivity index is 0.914. The number of aliphatic hydroxyl groups is 1. The van der Waals surface area contributed by atoms with Gasteiger partial charge in [-0.25, -0.2) is 4.79 Å². The molecule has 0 bridgehead atoms. The van der Waals surface area contributed by atoms with Crippen molar-refractivity contribution >= 4 is 6.09 Å². The van der Waals surface area contributed by atoms with Gasteiger partial charge in [0.05, 0.1) is 39.6 Å². The quantitative estimate of drug-likeness (QED) is 0.0459. The van der Waals surface area contributed by atoms with Crippen molar-refractivity contribution in [3.8, 4) is 0 Å². The van der Waals surface area contributed by atoms with E-state index < -0.39 is 0 Å². The lowest BCUT2D eigenvalue weighted by Crippen LogP contribution is -2.51. The van der Waals surface area contributed by atoms with Gasteiger partial charge in [-0.15, -0.1) is 0 Å². The minimum atomic E-state index is -0.309. The highest BCUT2D eigenvalue weighted by Crippen LogP contribution is 2.67. The monoisotopic (exact) mass is 946 g/mol. The molecular formula is C57H103NO9. The minimum Gasteiger partial charge on any atom is -0.446 e. The molecule has 3 saturated carbocycles. The molecular weight excluding hydrogens is 843 g/mol. The number of carbonyl (C=O) groups is 1. The van der Waals surface area contributed by atoms with Gasteiger partial charge in [-0.3, -0.25) is 0 Å². The number of hydrogen-bond acceptors (Lipinski definition) is 9. The number of allylic oxidation sites excluding steroid dienone is 2. The van der Waals surface area contributed by atoms with Gasteiger partial charge in [0.1, 0.15) is 12.2 Å². The first kappa shape index (κ1) is 58.0. The second-order valence-corrected chi connectivity index (χ2v) is 22.2. The number of alkyl carbamates (subject to hydrolysis) is 1. The molecule has 0 heterocycles. The van der Waals surface area contributed by atoms with Gasteiger partial charge in [-0.1, -0.05) is 110 Å². The Labute approximate surface area is 410 Å². The normalized spacial score (nSPS) is 26.7. The summed E-state index contributed by atoms with van der Waals surface area (Å²) in [6, 6.07) is 0. The van der Waals surface area contributed by atoms with Crippen LogP contribution >= 0.6 is 0 Å². The first-order chi connectivity index (χ1) is 32.5. The number of hydrogen-bond donors (Lipinski definition) is 2. The van der Waals surface area contributed by atoms with Crippen LogP contribution in [0, 0.1) is 46.3 Å². The average molecular weight is 946 g/mol. The first-order valence-electron chi connectivity index (χ1n) is 27.8. The Bertz CT molecular complexity index is 1360. The maximum Gasteiger partial charge on any atom is 0.407 e. The highest BCUT2D eigenvalue weighted by molar-refractivity contribution is 5.67. The number of ether oxygens (including phenoxy) is 7. The fourth-order valence-electron chi connectivity index (χ4n) is 12.8. The SMILES string of the molecule is C=C(CCCCCCCCCOC)CCCCOCC(CO)OCCCOCCOCCOCCCNC(=O)O[C@@H]1CC[C@]2(C)C(=CCC3C4CCC([C@H](C)CCCC(C)C)[C@]4(C)CCC32)C1. The van der Waals surface area contributed by atoms with Gasteiger partial charge in [0.2, 0.25) is 0 Å². The summed E-state index contributed by atoms with van der Waals surface area (Å²) in [6.07, 6.45) is 30.7. The molecule has 9 atom stereocenters. The summed E-state index contributed by atoms with van der Waals surface area (Å²) in [4.78, 5) is 12.8. The largest absolute Gasteiger partial charge is 0.446 e. The van der Waals surface area contributed by atoms with Crippen molar-refractivity contribution in [3.05, 3.63) is 23.8 Å². The van der Waals surface area contributed by atoms with Crippen LogP contribution in [0.1, 0.15) is 189 Å². The molecule has 10 nitrogen and oxygen atoms in total. The molecule has 0 radical (unpaired) electrons. The number of aliphatic hydroxyl groups excluding tert-OH is 1. The van der Waals surface area contributed by atoms with E-state index in [0.717, 1.165) is 99.9 Å². The predicted octanol–water partition coefficient (Wildman–Crippen LogP) is 12.8. The lowest BCUT2D eigenvalue weighted by molar-refractivity contribution is -0.0581. The number of fused-ring (bicyclic) bond motifs is 5. The molecule has 10 heteroatoms. The van der Waals surface area contributed by atoms with Crippen molar-refractivity contribution in [2.24, 2.45) is 46.3 Å². The molecule has 0 aromatic rings. The number of carbonyl (C=O) groups excluding carboxylic acids is 1. The van der Waals surface area contributed by atoms with E-state index in [1.165, 1.54) is 102 Å². The number of nitrogens with one attached hydrogen (secondary N) is 1. The zero-order valence-electron chi connectivity index (χ0n) is 44.1. The Hall–Kier alpha value is -1.53. The maximum atomic E-state index is 12.8. The third kappa shape index (κ3) is 20.6. The molecule has 4 rings (SSSR count). The second-order valence-electron chi connectivity index (χ2n) is 22.2. The fraction of sp³-hybridized carbons (Fsp3) is 0.912. The third-order valence-electron chi connectivity index (χ3n) is 16.8. The van der Waals surface area contributed by atoms with Crippen LogP contribution < -0.4 is 5.32 Å². The molecule has 0 aliphatic heterocycles. The van der Waals surface area contributed by atoms with Crippen LogP contribution in [0.25, 0.3) is 0 Å². The molecule has 5 unspecified atom stereocenters. The van der Waals surface area contributed by atoms with Crippen molar-refractivity contribution in [1.29, 1.82) is 0 Å². The predicted molar refractivity (Wildman–Crippen MR) is 272 cm³/mol. The Morgan fingerprint density at radius 2 is 1.39 bits per heavy atom. The smallest absolute Gasteiger partial charge is 0.407 e. The molecule has 390 valence electrons. The summed E-state index contributed by atoms with van der Waals surface area (Å²) in [5.74, 6) is 5.01. The standard InChI is InChI=1S/C57H103NO9/c1-45(2)20-17-23-47(4)52-26-27-53-51-25-24-48-42-49(28-30-56(48,5)54(51)29-31-57(52,53)6)67-55(60)58-32-18-35-62-38-40-64-41-39-63-36-19-37-66-50(43-59)44-65-34-16-14-22-46(3)21-13-11-9-8-10-12-15-33-61-7/h24,45,47,49-54,59H,3,8-23,25-44H2,1-2,4-7H3,(H,58,60)/t47-,49-,50?,51?,52?,53?,54?,56-,57+/m1/s1. The molecule has 0 saturated heterocycles. The van der Waals surface area contributed by atoms with Gasteiger partial charge < -0.3 is 43.6 Å². The first-order valence-corrected chi connectivity index (χ1v) is 27.8. The molecule has 4 aliphatic carbocycles. The second kappa shape index (κ2) is 33.2. The van der Waals surface area contributed by atoms with E-state index in [-0.39, 0.29) is 30.3 Å². The molecule has 2 N–H and O–H groups in total. The number of unbranched alkanes of at least 4 members (excludes halogenated alkanes) is 7. The van der Waals surface area contributed by atoms with Gasteiger partial charge in [0, 0.05) is 53.1 Å². The summed E-state index contributed by atoms with van der Waals surface area (Å²) in [5, 5.41) is 12.6. The topological polar surface area (TPSA) is 114 Å². The zero-order chi connectivity index (χ0) is 48.2. The van der Waals surface area contributed by atoms with Crippen LogP contribution in [0.2, 0.25) is 0 Å². The van der Waals surface area contributed by atoms with E-state index in [0.29, 0.717) is 71.4 Å². The summed E-state index contributed by atoms with van der Waals surface area (Å²) >= 11 is 0. The van der Waals surface area contributed by atoms with Crippen LogP contribution in [-0.4, -0.2) is 110 Å². The summed E-state index contributed by atoms with van der Waals surface area (Å²) in [7, 11) is 1.77. The van der Waals surface area contributed by atoms with Crippen LogP contribution in [0.4, 0.5) is 4.79 Å². The van der Waals surface area contributed by atoms with Gasteiger partial charge in [-0.05, 0) is 143 Å². The van der Waals surface area contributed by atoms with Crippen molar-refractivity contribution in [3.63, 3.8) is 0 Å². The summed E-state index contributed by atoms with van der Waals surface area (Å²) < 4.78 is 39.7. The van der Waals surface area contributed by atoms with Crippen LogP contribution in [0.3, 0.4) is 0 Å². The fourth-order valence-corrected chi connectivity index (χ4v) is 12.8. The summed E-state index contributed by atoms with van der Waals surface area (Å²) in [5.41, 5.74) is 3.69. The molecule has 0 aromatic heterocycles. The molecule has 3 fully saturated rings. The van der Waals surface area contributed by atoms with Crippen molar-refractivity contribution in [2.75, 3.05) is 86.3 Å². The zero-order valence-corrected chi connectivity index (χ0v) is 44.1. The highest BCUT2D eigenvalue weighted by atomic mass is 16.6. The molecule has 67 heavy (non-hydrogen) atoms. The lowest BCUT2D eigenvalue weighted by atomic mass is 9.47. The van der Waals surface area contributed by atoms with Gasteiger partial charge in [0.25, 0.3) is 0 Å².